The van der Waals surface area contributed by atoms with E-state index in [0.29, 0.717) is 13.0 Å². The van der Waals surface area contributed by atoms with E-state index in [1.807, 2.05) is 31.1 Å². The van der Waals surface area contributed by atoms with Crippen molar-refractivity contribution in [2.75, 3.05) is 20.6 Å². The molecule has 0 bridgehead atoms. The van der Waals surface area contributed by atoms with Gasteiger partial charge in [-0.15, -0.1) is 11.3 Å². The number of hydrogen-bond donors (Lipinski definition) is 0. The maximum Gasteiger partial charge on any atom is 0.151 e. The maximum atomic E-state index is 11.4. The Morgan fingerprint density at radius 1 is 1.54 bits per heavy atom. The molecule has 0 unspecified atom stereocenters. The Morgan fingerprint density at radius 3 is 2.69 bits per heavy atom. The number of carbonyl (C=O) groups is 1. The Balaban J connectivity index is 2.45. The molecule has 72 valence electrons. The van der Waals surface area contributed by atoms with Crippen LogP contribution in [0.2, 0.25) is 0 Å². The van der Waals surface area contributed by atoms with Gasteiger partial charge in [0.1, 0.15) is 0 Å². The predicted octanol–water partition coefficient (Wildman–Crippen LogP) is 2.18. The number of carbonyl (C=O) groups excluding carboxylic acids is 1. The second-order valence-corrected chi connectivity index (χ2v) is 5.71. The Morgan fingerprint density at radius 2 is 2.23 bits per heavy atom. The fourth-order valence-corrected chi connectivity index (χ4v) is 2.56. The van der Waals surface area contributed by atoms with E-state index in [1.54, 1.807) is 11.3 Å². The topological polar surface area (TPSA) is 20.3 Å². The van der Waals surface area contributed by atoms with Gasteiger partial charge in [-0.25, -0.2) is 0 Å². The van der Waals surface area contributed by atoms with Crippen molar-refractivity contribution in [3.8, 4) is 0 Å². The lowest BCUT2D eigenvalue weighted by Crippen LogP contribution is -2.22. The van der Waals surface area contributed by atoms with Crippen LogP contribution in [0.1, 0.15) is 4.88 Å². The lowest BCUT2D eigenvalue weighted by atomic mass is 10.2. The first-order valence-corrected chi connectivity index (χ1v) is 5.59. The van der Waals surface area contributed by atoms with Gasteiger partial charge >= 0.3 is 0 Å². The molecule has 0 radical (unpaired) electrons. The molecule has 1 aromatic heterocycles. The summed E-state index contributed by atoms with van der Waals surface area (Å²) < 4.78 is 1.08. The Bertz CT molecular complexity index is 296. The summed E-state index contributed by atoms with van der Waals surface area (Å²) in [5, 5.41) is 0. The van der Waals surface area contributed by atoms with Gasteiger partial charge in [-0.05, 0) is 42.2 Å². The molecule has 0 spiro atoms. The van der Waals surface area contributed by atoms with Crippen molar-refractivity contribution in [1.29, 1.82) is 0 Å². The predicted molar refractivity (Wildman–Crippen MR) is 59.3 cm³/mol. The summed E-state index contributed by atoms with van der Waals surface area (Å²) in [5.74, 6) is 0.263. The highest BCUT2D eigenvalue weighted by molar-refractivity contribution is 9.11. The second kappa shape index (κ2) is 4.88. The molecule has 1 rings (SSSR count). The zero-order chi connectivity index (χ0) is 9.84. The molecule has 0 aliphatic carbocycles. The molecule has 0 aliphatic rings. The number of hydrogen-bond acceptors (Lipinski definition) is 3. The molecule has 0 fully saturated rings. The normalized spacial score (nSPS) is 10.8. The van der Waals surface area contributed by atoms with Gasteiger partial charge in [-0.1, -0.05) is 0 Å². The monoisotopic (exact) mass is 261 g/mol. The number of thiophene rings is 1. The van der Waals surface area contributed by atoms with Gasteiger partial charge in [0, 0.05) is 11.3 Å². The van der Waals surface area contributed by atoms with Crippen LogP contribution in [-0.2, 0) is 11.2 Å². The fraction of sp³-hybridized carbons (Fsp3) is 0.444. The third-order valence-electron chi connectivity index (χ3n) is 1.49. The number of nitrogens with zero attached hydrogens (tertiary/aromatic N) is 1. The van der Waals surface area contributed by atoms with E-state index in [1.165, 1.54) is 0 Å². The molecule has 1 heterocycles. The minimum absolute atomic E-state index is 0.263. The fourth-order valence-electron chi connectivity index (χ4n) is 1.05. The minimum Gasteiger partial charge on any atom is -0.302 e. The van der Waals surface area contributed by atoms with Crippen molar-refractivity contribution in [2.24, 2.45) is 0 Å². The van der Waals surface area contributed by atoms with Gasteiger partial charge in [0.05, 0.1) is 10.3 Å². The summed E-state index contributed by atoms with van der Waals surface area (Å²) in [6.45, 7) is 0.523. The number of halogens is 1. The Kier molecular flexibility index (Phi) is 4.09. The maximum absolute atomic E-state index is 11.4. The van der Waals surface area contributed by atoms with Gasteiger partial charge in [-0.2, -0.15) is 0 Å². The van der Waals surface area contributed by atoms with Crippen molar-refractivity contribution in [3.63, 3.8) is 0 Å². The van der Waals surface area contributed by atoms with E-state index in [0.717, 1.165) is 8.66 Å². The molecular formula is C9H12BrNOS. The van der Waals surface area contributed by atoms with E-state index < -0.39 is 0 Å². The first-order chi connectivity index (χ1) is 6.08. The van der Waals surface area contributed by atoms with Crippen molar-refractivity contribution >= 4 is 33.0 Å². The van der Waals surface area contributed by atoms with Crippen LogP contribution < -0.4 is 0 Å². The van der Waals surface area contributed by atoms with Crippen molar-refractivity contribution < 1.29 is 4.79 Å². The molecule has 0 saturated heterocycles. The van der Waals surface area contributed by atoms with Crippen LogP contribution in [-0.4, -0.2) is 31.3 Å². The lowest BCUT2D eigenvalue weighted by molar-refractivity contribution is -0.118. The summed E-state index contributed by atoms with van der Waals surface area (Å²) in [6.07, 6.45) is 0.550. The zero-order valence-electron chi connectivity index (χ0n) is 7.71. The molecule has 4 heteroatoms. The van der Waals surface area contributed by atoms with Gasteiger partial charge in [0.15, 0.2) is 5.78 Å². The molecule has 0 aromatic carbocycles. The Labute approximate surface area is 90.7 Å². The zero-order valence-corrected chi connectivity index (χ0v) is 10.1. The number of ketones is 1. The highest BCUT2D eigenvalue weighted by atomic mass is 79.9. The number of Topliss-reactive ketones (excluding diaryl/α,β-unsaturated/α-hetero) is 1. The molecular weight excluding hydrogens is 250 g/mol. The quantitative estimate of drug-likeness (QED) is 0.829. The van der Waals surface area contributed by atoms with Crippen LogP contribution in [0.5, 0.6) is 0 Å². The lowest BCUT2D eigenvalue weighted by Gasteiger charge is -2.06. The first kappa shape index (κ1) is 10.9. The summed E-state index contributed by atoms with van der Waals surface area (Å²) in [7, 11) is 3.81. The second-order valence-electron chi connectivity index (χ2n) is 3.16. The number of rotatable bonds is 4. The smallest absolute Gasteiger partial charge is 0.151 e. The molecule has 0 amide bonds. The van der Waals surface area contributed by atoms with E-state index in [-0.39, 0.29) is 5.78 Å². The highest BCUT2D eigenvalue weighted by Crippen LogP contribution is 2.22. The standard InChI is InChI=1S/C9H12BrNOS/c1-11(2)6-7(12)5-8-3-4-9(10)13-8/h3-4H,5-6H2,1-2H3. The summed E-state index contributed by atoms with van der Waals surface area (Å²) in [6, 6.07) is 3.96. The van der Waals surface area contributed by atoms with Crippen molar-refractivity contribution in [2.45, 2.75) is 6.42 Å². The van der Waals surface area contributed by atoms with E-state index in [4.69, 9.17) is 0 Å². The summed E-state index contributed by atoms with van der Waals surface area (Å²) in [5.41, 5.74) is 0. The van der Waals surface area contributed by atoms with Gasteiger partial charge in [0.25, 0.3) is 0 Å². The summed E-state index contributed by atoms with van der Waals surface area (Å²) >= 11 is 4.99. The van der Waals surface area contributed by atoms with Crippen LogP contribution in [0.3, 0.4) is 0 Å². The van der Waals surface area contributed by atoms with Crippen LogP contribution in [0.4, 0.5) is 0 Å². The number of likely N-dealkylation sites (N-methyl/N-ethyl adjacent to an activating group) is 1. The van der Waals surface area contributed by atoms with Gasteiger partial charge in [0.2, 0.25) is 0 Å². The highest BCUT2D eigenvalue weighted by Gasteiger charge is 2.06. The van der Waals surface area contributed by atoms with E-state index in [9.17, 15) is 4.79 Å². The van der Waals surface area contributed by atoms with Crippen LogP contribution in [0.25, 0.3) is 0 Å². The molecule has 2 nitrogen and oxygen atoms in total. The van der Waals surface area contributed by atoms with Crippen molar-refractivity contribution in [1.82, 2.24) is 4.90 Å². The van der Waals surface area contributed by atoms with E-state index in [2.05, 4.69) is 15.9 Å². The van der Waals surface area contributed by atoms with Crippen LogP contribution in [0.15, 0.2) is 15.9 Å². The third-order valence-corrected chi connectivity index (χ3v) is 3.12. The SMILES string of the molecule is CN(C)CC(=O)Cc1ccc(Br)s1. The molecule has 13 heavy (non-hydrogen) atoms. The minimum atomic E-state index is 0.263. The third kappa shape index (κ3) is 4.02. The average molecular weight is 262 g/mol. The molecule has 1 aromatic rings. The molecule has 0 saturated carbocycles. The average Bonchev–Trinajstić information content (AvgIpc) is 2.33. The van der Waals surface area contributed by atoms with Gasteiger partial charge in [-0.3, -0.25) is 4.79 Å². The molecule has 0 N–H and O–H groups in total. The van der Waals surface area contributed by atoms with E-state index >= 15 is 0 Å². The largest absolute Gasteiger partial charge is 0.302 e. The van der Waals surface area contributed by atoms with Crippen molar-refractivity contribution in [3.05, 3.63) is 20.8 Å². The Hall–Kier alpha value is -0.190. The first-order valence-electron chi connectivity index (χ1n) is 3.98. The van der Waals surface area contributed by atoms with Gasteiger partial charge < -0.3 is 4.90 Å². The van der Waals surface area contributed by atoms with Crippen LogP contribution >= 0.6 is 27.3 Å². The molecule has 0 aliphatic heterocycles. The van der Waals surface area contributed by atoms with Crippen LogP contribution in [0, 0.1) is 0 Å². The summed E-state index contributed by atoms with van der Waals surface area (Å²) in [4.78, 5) is 14.4. The molecule has 0 atom stereocenters.